The molecule has 0 fully saturated rings. The fourth-order valence-electron chi connectivity index (χ4n) is 4.17. The monoisotopic (exact) mass is 503 g/mol. The van der Waals surface area contributed by atoms with Gasteiger partial charge in [0.2, 0.25) is 15.9 Å². The Morgan fingerprint density at radius 1 is 0.917 bits per heavy atom. The third-order valence-corrected chi connectivity index (χ3v) is 8.40. The lowest BCUT2D eigenvalue weighted by Crippen LogP contribution is -2.30. The molecule has 0 aliphatic rings. The first kappa shape index (κ1) is 25.3. The maximum absolute atomic E-state index is 13.3. The van der Waals surface area contributed by atoms with Crippen molar-refractivity contribution in [2.24, 2.45) is 4.99 Å². The molecule has 4 aromatic rings. The summed E-state index contributed by atoms with van der Waals surface area (Å²) in [4.78, 5) is 18.0. The molecule has 0 aliphatic heterocycles. The molecule has 7 nitrogen and oxygen atoms in total. The van der Waals surface area contributed by atoms with Gasteiger partial charge in [-0.1, -0.05) is 44.2 Å². The second-order valence-electron chi connectivity index (χ2n) is 8.54. The Hall–Kier alpha value is -3.75. The second kappa shape index (κ2) is 10.1. The largest absolute Gasteiger partial charge is 0.494 e. The zero-order valence-electron chi connectivity index (χ0n) is 20.8. The summed E-state index contributed by atoms with van der Waals surface area (Å²) in [5.41, 5.74) is 3.06. The van der Waals surface area contributed by atoms with Crippen LogP contribution in [0.3, 0.4) is 0 Å². The van der Waals surface area contributed by atoms with Gasteiger partial charge in [-0.25, -0.2) is 13.0 Å². The number of aromatic hydroxyl groups is 1. The lowest BCUT2D eigenvalue weighted by molar-refractivity contribution is 0.436. The summed E-state index contributed by atoms with van der Waals surface area (Å²) in [6, 6.07) is 18.9. The van der Waals surface area contributed by atoms with Gasteiger partial charge in [-0.15, -0.1) is 0 Å². The van der Waals surface area contributed by atoms with Gasteiger partial charge in [0, 0.05) is 30.1 Å². The fraction of sp³-hybridized carbons (Fsp3) is 0.214. The van der Waals surface area contributed by atoms with Gasteiger partial charge in [0.05, 0.1) is 21.8 Å². The summed E-state index contributed by atoms with van der Waals surface area (Å²) in [7, 11) is -3.64. The Morgan fingerprint density at radius 2 is 1.61 bits per heavy atom. The molecule has 0 unspecified atom stereocenters. The van der Waals surface area contributed by atoms with Crippen molar-refractivity contribution in [2.75, 3.05) is 13.1 Å². The molecule has 1 aromatic heterocycles. The van der Waals surface area contributed by atoms with E-state index in [9.17, 15) is 18.3 Å². The predicted molar refractivity (Wildman–Crippen MR) is 144 cm³/mol. The fourth-order valence-corrected chi connectivity index (χ4v) is 5.67. The summed E-state index contributed by atoms with van der Waals surface area (Å²) in [5.74, 6) is -0.238. The second-order valence-corrected chi connectivity index (χ2v) is 10.5. The normalized spacial score (nSPS) is 12.1. The molecule has 3 aromatic carbocycles. The highest BCUT2D eigenvalue weighted by Gasteiger charge is 2.22. The Kier molecular flexibility index (Phi) is 7.10. The number of sulfonamides is 1. The van der Waals surface area contributed by atoms with Gasteiger partial charge in [0.1, 0.15) is 0 Å². The Bertz CT molecular complexity index is 1630. The number of aliphatic imine (C=N–C) groups is 1. The number of rotatable bonds is 7. The van der Waals surface area contributed by atoms with E-state index in [0.717, 1.165) is 11.1 Å². The van der Waals surface area contributed by atoms with Crippen LogP contribution in [0.15, 0.2) is 81.4 Å². The average Bonchev–Trinajstić information content (AvgIpc) is 2.87. The van der Waals surface area contributed by atoms with E-state index in [2.05, 4.69) is 4.99 Å². The molecule has 0 saturated carbocycles. The smallest absolute Gasteiger partial charge is 0.265 e. The Labute approximate surface area is 211 Å². The van der Waals surface area contributed by atoms with E-state index in [4.69, 9.17) is 0 Å². The number of aromatic nitrogens is 1. The molecular weight excluding hydrogens is 474 g/mol. The van der Waals surface area contributed by atoms with Crippen LogP contribution in [-0.4, -0.2) is 41.7 Å². The standard InChI is InChI=1S/C28H29N3O4S/c1-5-30(6-2)36(34,35)23-11-9-10-21(17-23)29-18-26-24-12-7-8-13-25(24)27(32)31(28(26)33)22-15-14-19(3)20(4)16-22/h7-18,33H,5-6H2,1-4H3. The summed E-state index contributed by atoms with van der Waals surface area (Å²) in [6.45, 7) is 8.25. The van der Waals surface area contributed by atoms with E-state index in [0.29, 0.717) is 40.8 Å². The van der Waals surface area contributed by atoms with Gasteiger partial charge in [-0.2, -0.15) is 4.31 Å². The number of hydrogen-bond acceptors (Lipinski definition) is 5. The van der Waals surface area contributed by atoms with Crippen LogP contribution >= 0.6 is 0 Å². The van der Waals surface area contributed by atoms with Crippen LogP contribution in [0.4, 0.5) is 5.69 Å². The van der Waals surface area contributed by atoms with Crippen molar-refractivity contribution < 1.29 is 13.5 Å². The van der Waals surface area contributed by atoms with Gasteiger partial charge in [-0.05, 0) is 61.4 Å². The predicted octanol–water partition coefficient (Wildman–Crippen LogP) is 5.09. The van der Waals surface area contributed by atoms with Crippen molar-refractivity contribution in [1.29, 1.82) is 0 Å². The molecule has 186 valence electrons. The maximum atomic E-state index is 13.3. The molecule has 0 spiro atoms. The maximum Gasteiger partial charge on any atom is 0.265 e. The van der Waals surface area contributed by atoms with Crippen LogP contribution in [0.25, 0.3) is 16.5 Å². The molecule has 4 rings (SSSR count). The quantitative estimate of drug-likeness (QED) is 0.356. The molecule has 8 heteroatoms. The van der Waals surface area contributed by atoms with Crippen molar-refractivity contribution in [3.05, 3.63) is 93.8 Å². The van der Waals surface area contributed by atoms with Crippen LogP contribution in [0, 0.1) is 13.8 Å². The van der Waals surface area contributed by atoms with E-state index in [-0.39, 0.29) is 16.3 Å². The SMILES string of the molecule is CCN(CC)S(=O)(=O)c1cccc(N=Cc2c(O)n(-c3ccc(C)c(C)c3)c(=O)c3ccccc23)c1. The third kappa shape index (κ3) is 4.57. The lowest BCUT2D eigenvalue weighted by Gasteiger charge is -2.18. The van der Waals surface area contributed by atoms with Crippen LogP contribution in [0.2, 0.25) is 0 Å². The highest BCUT2D eigenvalue weighted by atomic mass is 32.2. The topological polar surface area (TPSA) is 92.0 Å². The number of nitrogens with zero attached hydrogens (tertiary/aromatic N) is 3. The summed E-state index contributed by atoms with van der Waals surface area (Å²) < 4.78 is 28.5. The van der Waals surface area contributed by atoms with E-state index in [1.165, 1.54) is 21.2 Å². The molecule has 36 heavy (non-hydrogen) atoms. The van der Waals surface area contributed by atoms with Gasteiger partial charge >= 0.3 is 0 Å². The van der Waals surface area contributed by atoms with Crippen molar-refractivity contribution in [2.45, 2.75) is 32.6 Å². The number of benzene rings is 3. The minimum absolute atomic E-state index is 0.148. The number of pyridine rings is 1. The third-order valence-electron chi connectivity index (χ3n) is 6.36. The van der Waals surface area contributed by atoms with E-state index in [1.807, 2.05) is 26.0 Å². The van der Waals surface area contributed by atoms with Crippen molar-refractivity contribution in [3.8, 4) is 11.6 Å². The zero-order chi connectivity index (χ0) is 26.0. The number of aryl methyl sites for hydroxylation is 2. The molecule has 0 atom stereocenters. The minimum Gasteiger partial charge on any atom is -0.494 e. The Morgan fingerprint density at radius 3 is 2.28 bits per heavy atom. The van der Waals surface area contributed by atoms with Crippen molar-refractivity contribution >= 4 is 32.7 Å². The van der Waals surface area contributed by atoms with Crippen molar-refractivity contribution in [3.63, 3.8) is 0 Å². The minimum atomic E-state index is -3.64. The van der Waals surface area contributed by atoms with Gasteiger partial charge < -0.3 is 5.11 Å². The first-order valence-electron chi connectivity index (χ1n) is 11.8. The van der Waals surface area contributed by atoms with E-state index < -0.39 is 10.0 Å². The lowest BCUT2D eigenvalue weighted by atomic mass is 10.1. The number of fused-ring (bicyclic) bond motifs is 1. The van der Waals surface area contributed by atoms with Crippen LogP contribution in [0.5, 0.6) is 5.88 Å². The highest BCUT2D eigenvalue weighted by Crippen LogP contribution is 2.28. The van der Waals surface area contributed by atoms with Crippen molar-refractivity contribution in [1.82, 2.24) is 8.87 Å². The molecule has 0 amide bonds. The summed E-state index contributed by atoms with van der Waals surface area (Å²) in [6.07, 6.45) is 1.47. The summed E-state index contributed by atoms with van der Waals surface area (Å²) in [5, 5.41) is 12.2. The number of hydrogen-bond donors (Lipinski definition) is 1. The molecular formula is C28H29N3O4S. The zero-order valence-corrected chi connectivity index (χ0v) is 21.6. The highest BCUT2D eigenvalue weighted by molar-refractivity contribution is 7.89. The summed E-state index contributed by atoms with van der Waals surface area (Å²) >= 11 is 0. The van der Waals surface area contributed by atoms with Gasteiger partial charge in [0.15, 0.2) is 0 Å². The van der Waals surface area contributed by atoms with Crippen LogP contribution < -0.4 is 5.56 Å². The first-order chi connectivity index (χ1) is 17.2. The van der Waals surface area contributed by atoms with E-state index >= 15 is 0 Å². The van der Waals surface area contributed by atoms with Gasteiger partial charge in [-0.3, -0.25) is 9.79 Å². The molecule has 1 heterocycles. The van der Waals surface area contributed by atoms with Crippen LogP contribution in [0.1, 0.15) is 30.5 Å². The van der Waals surface area contributed by atoms with Crippen LogP contribution in [-0.2, 0) is 10.0 Å². The van der Waals surface area contributed by atoms with E-state index in [1.54, 1.807) is 62.4 Å². The molecule has 1 N–H and O–H groups in total. The molecule has 0 bridgehead atoms. The Balaban J connectivity index is 1.87. The van der Waals surface area contributed by atoms with Gasteiger partial charge in [0.25, 0.3) is 5.56 Å². The first-order valence-corrected chi connectivity index (χ1v) is 13.2. The molecule has 0 saturated heterocycles. The molecule has 0 radical (unpaired) electrons. The average molecular weight is 504 g/mol. The molecule has 0 aliphatic carbocycles.